The monoisotopic (exact) mass is 337 g/mol. The number of alkyl carbamates (subject to hydrolysis) is 1. The average molecular weight is 338 g/mol. The minimum Gasteiger partial charge on any atom is -0.444 e. The van der Waals surface area contributed by atoms with Crippen LogP contribution in [0.25, 0.3) is 0 Å². The molecule has 0 aliphatic rings. The van der Waals surface area contributed by atoms with Gasteiger partial charge >= 0.3 is 6.09 Å². The Morgan fingerprint density at radius 3 is 2.46 bits per heavy atom. The van der Waals surface area contributed by atoms with Gasteiger partial charge in [-0.15, -0.1) is 0 Å². The van der Waals surface area contributed by atoms with Crippen LogP contribution in [0.15, 0.2) is 6.07 Å². The summed E-state index contributed by atoms with van der Waals surface area (Å²) in [5, 5.41) is 6.45. The molecule has 0 aliphatic carbocycles. The number of amides is 1. The molecule has 1 amide bonds. The molecular formula is C19H35N3O2. The smallest absolute Gasteiger partial charge is 0.407 e. The number of aryl methyl sites for hydroxylation is 1. The van der Waals surface area contributed by atoms with Crippen LogP contribution in [0.3, 0.4) is 0 Å². The number of aromatic nitrogens is 1. The molecule has 0 fully saturated rings. The highest BCUT2D eigenvalue weighted by atomic mass is 16.6. The van der Waals surface area contributed by atoms with Crippen LogP contribution in [0.4, 0.5) is 4.79 Å². The van der Waals surface area contributed by atoms with Crippen molar-refractivity contribution in [1.29, 1.82) is 0 Å². The number of ether oxygens (including phenoxy) is 1. The van der Waals surface area contributed by atoms with Gasteiger partial charge in [0.25, 0.3) is 0 Å². The Hall–Kier alpha value is -1.49. The SMILES string of the molecule is CCCC(CNC(=O)OC(C)(C)C)NCc1cc(C)n(CC)c1C. The highest BCUT2D eigenvalue weighted by molar-refractivity contribution is 5.67. The fourth-order valence-corrected chi connectivity index (χ4v) is 2.94. The average Bonchev–Trinajstić information content (AvgIpc) is 2.74. The Bertz CT molecular complexity index is 529. The van der Waals surface area contributed by atoms with Crippen molar-refractivity contribution in [2.75, 3.05) is 6.54 Å². The molecular weight excluding hydrogens is 302 g/mol. The van der Waals surface area contributed by atoms with Gasteiger partial charge in [-0.25, -0.2) is 4.79 Å². The molecule has 0 saturated heterocycles. The summed E-state index contributed by atoms with van der Waals surface area (Å²) in [7, 11) is 0. The highest BCUT2D eigenvalue weighted by Gasteiger charge is 2.17. The lowest BCUT2D eigenvalue weighted by atomic mass is 10.1. The summed E-state index contributed by atoms with van der Waals surface area (Å²) in [5.41, 5.74) is 3.48. The first kappa shape index (κ1) is 20.6. The van der Waals surface area contributed by atoms with Crippen LogP contribution in [0.1, 0.15) is 64.4 Å². The Labute approximate surface area is 147 Å². The minimum atomic E-state index is -0.463. The fraction of sp³-hybridized carbons (Fsp3) is 0.737. The lowest BCUT2D eigenvalue weighted by molar-refractivity contribution is 0.0521. The van der Waals surface area contributed by atoms with E-state index < -0.39 is 5.60 Å². The number of hydrogen-bond acceptors (Lipinski definition) is 3. The van der Waals surface area contributed by atoms with Crippen LogP contribution in [-0.4, -0.2) is 28.8 Å². The van der Waals surface area contributed by atoms with Gasteiger partial charge in [-0.05, 0) is 59.6 Å². The number of rotatable bonds is 8. The molecule has 0 aromatic carbocycles. The van der Waals surface area contributed by atoms with Gasteiger partial charge in [0.2, 0.25) is 0 Å². The lowest BCUT2D eigenvalue weighted by Crippen LogP contribution is -2.42. The standard InChI is InChI=1S/C19H35N3O2/c1-8-10-17(13-21-18(23)24-19(5,6)7)20-12-16-11-14(3)22(9-2)15(16)4/h11,17,20H,8-10,12-13H2,1-7H3,(H,21,23). The van der Waals surface area contributed by atoms with Gasteiger partial charge < -0.3 is 19.9 Å². The largest absolute Gasteiger partial charge is 0.444 e. The number of nitrogens with one attached hydrogen (secondary N) is 2. The second-order valence-electron chi connectivity index (χ2n) is 7.39. The first-order valence-corrected chi connectivity index (χ1v) is 9.03. The van der Waals surface area contributed by atoms with Crippen molar-refractivity contribution >= 4 is 6.09 Å². The van der Waals surface area contributed by atoms with Crippen molar-refractivity contribution in [3.05, 3.63) is 23.0 Å². The summed E-state index contributed by atoms with van der Waals surface area (Å²) >= 11 is 0. The van der Waals surface area contributed by atoms with Crippen LogP contribution in [0, 0.1) is 13.8 Å². The topological polar surface area (TPSA) is 55.3 Å². The molecule has 1 unspecified atom stereocenters. The van der Waals surface area contributed by atoms with E-state index in [1.807, 2.05) is 20.8 Å². The number of carbonyl (C=O) groups excluding carboxylic acids is 1. The van der Waals surface area contributed by atoms with E-state index in [0.29, 0.717) is 6.54 Å². The van der Waals surface area contributed by atoms with E-state index in [4.69, 9.17) is 4.74 Å². The molecule has 138 valence electrons. The zero-order valence-corrected chi connectivity index (χ0v) is 16.5. The molecule has 1 aromatic rings. The third kappa shape index (κ3) is 6.56. The number of carbonyl (C=O) groups is 1. The van der Waals surface area contributed by atoms with Crippen molar-refractivity contribution in [3.63, 3.8) is 0 Å². The third-order valence-corrected chi connectivity index (χ3v) is 4.10. The Kier molecular flexibility index (Phi) is 7.80. The van der Waals surface area contributed by atoms with E-state index in [0.717, 1.165) is 25.9 Å². The molecule has 1 rings (SSSR count). The highest BCUT2D eigenvalue weighted by Crippen LogP contribution is 2.15. The van der Waals surface area contributed by atoms with E-state index in [-0.39, 0.29) is 12.1 Å². The Morgan fingerprint density at radius 2 is 1.96 bits per heavy atom. The van der Waals surface area contributed by atoms with Gasteiger partial charge in [0.15, 0.2) is 0 Å². The molecule has 5 nitrogen and oxygen atoms in total. The van der Waals surface area contributed by atoms with Crippen molar-refractivity contribution in [2.45, 2.75) is 86.0 Å². The molecule has 0 saturated carbocycles. The molecule has 24 heavy (non-hydrogen) atoms. The first-order chi connectivity index (χ1) is 11.2. The van der Waals surface area contributed by atoms with E-state index in [9.17, 15) is 4.79 Å². The van der Waals surface area contributed by atoms with Crippen molar-refractivity contribution in [1.82, 2.24) is 15.2 Å². The van der Waals surface area contributed by atoms with Crippen LogP contribution in [0.5, 0.6) is 0 Å². The van der Waals surface area contributed by atoms with Gasteiger partial charge in [0.05, 0.1) is 0 Å². The summed E-state index contributed by atoms with van der Waals surface area (Å²) in [4.78, 5) is 11.8. The van der Waals surface area contributed by atoms with Crippen LogP contribution >= 0.6 is 0 Å². The summed E-state index contributed by atoms with van der Waals surface area (Å²) < 4.78 is 7.62. The van der Waals surface area contributed by atoms with Crippen LogP contribution in [-0.2, 0) is 17.8 Å². The minimum absolute atomic E-state index is 0.243. The van der Waals surface area contributed by atoms with Gasteiger partial charge in [-0.3, -0.25) is 0 Å². The van der Waals surface area contributed by atoms with E-state index in [1.165, 1.54) is 17.0 Å². The van der Waals surface area contributed by atoms with Crippen molar-refractivity contribution in [2.24, 2.45) is 0 Å². The third-order valence-electron chi connectivity index (χ3n) is 4.10. The van der Waals surface area contributed by atoms with E-state index in [1.54, 1.807) is 0 Å². The molecule has 5 heteroatoms. The van der Waals surface area contributed by atoms with Gasteiger partial charge in [0, 0.05) is 37.1 Å². The van der Waals surface area contributed by atoms with Crippen molar-refractivity contribution in [3.8, 4) is 0 Å². The van der Waals surface area contributed by atoms with Gasteiger partial charge in [-0.2, -0.15) is 0 Å². The number of nitrogens with zero attached hydrogens (tertiary/aromatic N) is 1. The second kappa shape index (κ2) is 9.11. The summed E-state index contributed by atoms with van der Waals surface area (Å²) in [5.74, 6) is 0. The molecule has 1 heterocycles. The lowest BCUT2D eigenvalue weighted by Gasteiger charge is -2.22. The molecule has 0 radical (unpaired) electrons. The van der Waals surface area contributed by atoms with Crippen LogP contribution in [0.2, 0.25) is 0 Å². The second-order valence-corrected chi connectivity index (χ2v) is 7.39. The molecule has 0 bridgehead atoms. The number of hydrogen-bond donors (Lipinski definition) is 2. The quantitative estimate of drug-likeness (QED) is 0.756. The maximum Gasteiger partial charge on any atom is 0.407 e. The van der Waals surface area contributed by atoms with E-state index in [2.05, 4.69) is 49.0 Å². The Morgan fingerprint density at radius 1 is 1.29 bits per heavy atom. The molecule has 1 atom stereocenters. The predicted octanol–water partition coefficient (Wildman–Crippen LogP) is 3.91. The van der Waals surface area contributed by atoms with Crippen molar-refractivity contribution < 1.29 is 9.53 Å². The molecule has 0 aliphatic heterocycles. The molecule has 1 aromatic heterocycles. The van der Waals surface area contributed by atoms with Gasteiger partial charge in [0.1, 0.15) is 5.60 Å². The van der Waals surface area contributed by atoms with E-state index >= 15 is 0 Å². The molecule has 2 N–H and O–H groups in total. The predicted molar refractivity (Wildman–Crippen MR) is 99.4 cm³/mol. The fourth-order valence-electron chi connectivity index (χ4n) is 2.94. The summed E-state index contributed by atoms with van der Waals surface area (Å²) in [6.07, 6.45) is 1.74. The summed E-state index contributed by atoms with van der Waals surface area (Å²) in [6.45, 7) is 16.7. The maximum absolute atomic E-state index is 11.8. The van der Waals surface area contributed by atoms with Crippen LogP contribution < -0.4 is 10.6 Å². The normalized spacial score (nSPS) is 13.0. The Balaban J connectivity index is 2.56. The van der Waals surface area contributed by atoms with Gasteiger partial charge in [-0.1, -0.05) is 13.3 Å². The zero-order valence-electron chi connectivity index (χ0n) is 16.5. The molecule has 0 spiro atoms. The zero-order chi connectivity index (χ0) is 18.3. The first-order valence-electron chi connectivity index (χ1n) is 9.03. The maximum atomic E-state index is 11.8. The summed E-state index contributed by atoms with van der Waals surface area (Å²) in [6, 6.07) is 2.49.